The number of hydrogen-bond donors (Lipinski definition) is 1. The molecule has 1 aromatic heterocycles. The Morgan fingerprint density at radius 1 is 0.833 bits per heavy atom. The smallest absolute Gasteiger partial charge is 0.227 e. The summed E-state index contributed by atoms with van der Waals surface area (Å²) in [7, 11) is 0. The van der Waals surface area contributed by atoms with Gasteiger partial charge in [-0.3, -0.25) is 0 Å². The minimum Gasteiger partial charge on any atom is -0.383 e. The van der Waals surface area contributed by atoms with Crippen molar-refractivity contribution in [1.82, 2.24) is 9.97 Å². The van der Waals surface area contributed by atoms with Crippen LogP contribution in [-0.4, -0.2) is 23.1 Å². The normalized spacial score (nSPS) is 20.3. The van der Waals surface area contributed by atoms with Gasteiger partial charge in [-0.2, -0.15) is 4.98 Å². The molecule has 0 spiro atoms. The molecule has 0 amide bonds. The first-order valence-electron chi connectivity index (χ1n) is 7.25. The fourth-order valence-corrected chi connectivity index (χ4v) is 3.02. The van der Waals surface area contributed by atoms with Gasteiger partial charge in [-0.05, 0) is 38.5 Å². The van der Waals surface area contributed by atoms with Crippen LogP contribution in [0.1, 0.15) is 49.8 Å². The zero-order valence-electron chi connectivity index (χ0n) is 11.0. The van der Waals surface area contributed by atoms with E-state index in [1.807, 2.05) is 0 Å². The summed E-state index contributed by atoms with van der Waals surface area (Å²) in [6.07, 6.45) is 9.76. The molecular formula is C14H22N4. The van der Waals surface area contributed by atoms with Crippen LogP contribution in [0.25, 0.3) is 0 Å². The van der Waals surface area contributed by atoms with E-state index in [0.717, 1.165) is 37.7 Å². The topological polar surface area (TPSA) is 55.0 Å². The molecule has 4 nitrogen and oxygen atoms in total. The average molecular weight is 246 g/mol. The molecule has 1 saturated heterocycles. The molecule has 1 aliphatic heterocycles. The third-order valence-corrected chi connectivity index (χ3v) is 4.09. The van der Waals surface area contributed by atoms with Crippen LogP contribution in [0.2, 0.25) is 0 Å². The third kappa shape index (κ3) is 2.28. The molecule has 0 atom stereocenters. The van der Waals surface area contributed by atoms with Crippen molar-refractivity contribution in [2.45, 2.75) is 51.4 Å². The largest absolute Gasteiger partial charge is 0.383 e. The van der Waals surface area contributed by atoms with Gasteiger partial charge in [0.05, 0.1) is 5.69 Å². The zero-order chi connectivity index (χ0) is 12.4. The Morgan fingerprint density at radius 2 is 1.56 bits per heavy atom. The van der Waals surface area contributed by atoms with Crippen molar-refractivity contribution in [3.05, 3.63) is 11.3 Å². The highest BCUT2D eigenvalue weighted by Gasteiger charge is 2.19. The van der Waals surface area contributed by atoms with Crippen molar-refractivity contribution in [3.8, 4) is 0 Å². The number of hydrogen-bond acceptors (Lipinski definition) is 4. The molecular weight excluding hydrogens is 224 g/mol. The number of aromatic nitrogens is 2. The summed E-state index contributed by atoms with van der Waals surface area (Å²) < 4.78 is 0. The second-order valence-electron chi connectivity index (χ2n) is 5.44. The highest BCUT2D eigenvalue weighted by atomic mass is 15.3. The van der Waals surface area contributed by atoms with E-state index < -0.39 is 0 Å². The van der Waals surface area contributed by atoms with Crippen LogP contribution in [-0.2, 0) is 12.8 Å². The Hall–Kier alpha value is -1.32. The lowest BCUT2D eigenvalue weighted by Gasteiger charge is -2.23. The maximum atomic E-state index is 6.11. The first kappa shape index (κ1) is 11.8. The van der Waals surface area contributed by atoms with Gasteiger partial charge in [0, 0.05) is 18.7 Å². The average Bonchev–Trinajstić information content (AvgIpc) is 2.67. The van der Waals surface area contributed by atoms with E-state index in [-0.39, 0.29) is 0 Å². The molecule has 2 heterocycles. The van der Waals surface area contributed by atoms with Crippen molar-refractivity contribution >= 4 is 11.8 Å². The van der Waals surface area contributed by atoms with Crippen molar-refractivity contribution in [2.24, 2.45) is 0 Å². The summed E-state index contributed by atoms with van der Waals surface area (Å²) in [5.41, 5.74) is 8.52. The fourth-order valence-electron chi connectivity index (χ4n) is 3.02. The Morgan fingerprint density at radius 3 is 2.33 bits per heavy atom. The first-order valence-corrected chi connectivity index (χ1v) is 7.25. The monoisotopic (exact) mass is 246 g/mol. The van der Waals surface area contributed by atoms with Gasteiger partial charge in [0.1, 0.15) is 5.82 Å². The number of nitrogen functional groups attached to an aromatic ring is 1. The lowest BCUT2D eigenvalue weighted by Crippen LogP contribution is -2.27. The Bertz CT molecular complexity index is 422. The second-order valence-corrected chi connectivity index (χ2v) is 5.44. The molecule has 1 fully saturated rings. The quantitative estimate of drug-likeness (QED) is 0.826. The van der Waals surface area contributed by atoms with Crippen LogP contribution in [0.4, 0.5) is 11.8 Å². The molecule has 0 aromatic carbocycles. The van der Waals surface area contributed by atoms with E-state index in [1.165, 1.54) is 49.8 Å². The number of fused-ring (bicyclic) bond motifs is 1. The van der Waals surface area contributed by atoms with Crippen molar-refractivity contribution in [1.29, 1.82) is 0 Å². The van der Waals surface area contributed by atoms with Crippen LogP contribution in [0, 0.1) is 0 Å². The zero-order valence-corrected chi connectivity index (χ0v) is 11.0. The number of anilines is 2. The summed E-state index contributed by atoms with van der Waals surface area (Å²) in [4.78, 5) is 11.6. The van der Waals surface area contributed by atoms with Gasteiger partial charge in [-0.15, -0.1) is 0 Å². The van der Waals surface area contributed by atoms with E-state index in [1.54, 1.807) is 0 Å². The highest BCUT2D eigenvalue weighted by molar-refractivity contribution is 5.49. The fraction of sp³-hybridized carbons (Fsp3) is 0.714. The summed E-state index contributed by atoms with van der Waals surface area (Å²) >= 11 is 0. The molecule has 0 saturated carbocycles. The minimum atomic E-state index is 0.721. The van der Waals surface area contributed by atoms with E-state index >= 15 is 0 Å². The van der Waals surface area contributed by atoms with Gasteiger partial charge in [0.25, 0.3) is 0 Å². The van der Waals surface area contributed by atoms with Gasteiger partial charge in [0.15, 0.2) is 0 Å². The molecule has 2 aliphatic rings. The van der Waals surface area contributed by atoms with E-state index in [4.69, 9.17) is 10.7 Å². The summed E-state index contributed by atoms with van der Waals surface area (Å²) in [6, 6.07) is 0. The molecule has 3 rings (SSSR count). The number of nitrogens with two attached hydrogens (primary N) is 1. The number of rotatable bonds is 1. The molecule has 0 unspecified atom stereocenters. The van der Waals surface area contributed by atoms with Gasteiger partial charge in [-0.1, -0.05) is 12.8 Å². The summed E-state index contributed by atoms with van der Waals surface area (Å²) in [5.74, 6) is 1.59. The predicted octanol–water partition coefficient (Wildman–Crippen LogP) is 2.32. The van der Waals surface area contributed by atoms with Crippen LogP contribution >= 0.6 is 0 Å². The molecule has 1 aliphatic carbocycles. The number of aryl methyl sites for hydroxylation is 1. The van der Waals surface area contributed by atoms with Gasteiger partial charge in [0.2, 0.25) is 5.95 Å². The predicted molar refractivity (Wildman–Crippen MR) is 73.8 cm³/mol. The SMILES string of the molecule is Nc1nc(N2CCCCCC2)nc2c1CCCC2. The molecule has 4 heteroatoms. The second kappa shape index (κ2) is 5.12. The maximum Gasteiger partial charge on any atom is 0.227 e. The Labute approximate surface area is 109 Å². The van der Waals surface area contributed by atoms with Gasteiger partial charge in [-0.25, -0.2) is 4.98 Å². The van der Waals surface area contributed by atoms with Crippen LogP contribution in [0.3, 0.4) is 0 Å². The lowest BCUT2D eigenvalue weighted by molar-refractivity contribution is 0.658. The van der Waals surface area contributed by atoms with Crippen LogP contribution in [0.5, 0.6) is 0 Å². The van der Waals surface area contributed by atoms with Crippen LogP contribution < -0.4 is 10.6 Å². The Kier molecular flexibility index (Phi) is 3.35. The third-order valence-electron chi connectivity index (χ3n) is 4.09. The van der Waals surface area contributed by atoms with Crippen LogP contribution in [0.15, 0.2) is 0 Å². The van der Waals surface area contributed by atoms with Crippen molar-refractivity contribution in [3.63, 3.8) is 0 Å². The van der Waals surface area contributed by atoms with E-state index in [9.17, 15) is 0 Å². The molecule has 98 valence electrons. The minimum absolute atomic E-state index is 0.721. The van der Waals surface area contributed by atoms with Gasteiger partial charge >= 0.3 is 0 Å². The molecule has 2 N–H and O–H groups in total. The molecule has 0 bridgehead atoms. The van der Waals surface area contributed by atoms with Gasteiger partial charge < -0.3 is 10.6 Å². The summed E-state index contributed by atoms with van der Waals surface area (Å²) in [6.45, 7) is 2.16. The van der Waals surface area contributed by atoms with E-state index in [0.29, 0.717) is 0 Å². The Balaban J connectivity index is 1.89. The summed E-state index contributed by atoms with van der Waals surface area (Å²) in [5, 5.41) is 0. The lowest BCUT2D eigenvalue weighted by atomic mass is 9.96. The first-order chi connectivity index (χ1) is 8.84. The number of nitrogens with zero attached hydrogens (tertiary/aromatic N) is 3. The maximum absolute atomic E-state index is 6.11. The van der Waals surface area contributed by atoms with Crippen molar-refractivity contribution < 1.29 is 0 Å². The van der Waals surface area contributed by atoms with E-state index in [2.05, 4.69) is 9.88 Å². The molecule has 0 radical (unpaired) electrons. The van der Waals surface area contributed by atoms with Crippen molar-refractivity contribution in [2.75, 3.05) is 23.7 Å². The highest BCUT2D eigenvalue weighted by Crippen LogP contribution is 2.26. The molecule has 1 aromatic rings. The molecule has 18 heavy (non-hydrogen) atoms. The standard InChI is InChI=1S/C14H22N4/c15-13-11-7-3-4-8-12(11)16-14(17-13)18-9-5-1-2-6-10-18/h1-10H2,(H2,15,16,17).